The molecule has 5 aromatic rings. The van der Waals surface area contributed by atoms with Crippen LogP contribution in [-0.4, -0.2) is 65.6 Å². The Balaban J connectivity index is 1.08. The van der Waals surface area contributed by atoms with Gasteiger partial charge in [-0.05, 0) is 42.5 Å². The van der Waals surface area contributed by atoms with Crippen molar-refractivity contribution in [3.05, 3.63) is 84.6 Å². The molecule has 10 nitrogen and oxygen atoms in total. The topological polar surface area (TPSA) is 100 Å². The lowest BCUT2D eigenvalue weighted by molar-refractivity contribution is 0.0556. The van der Waals surface area contributed by atoms with Crippen LogP contribution >= 0.6 is 0 Å². The molecular formula is C28H28FN9O. The molecule has 1 atom stereocenters. The van der Waals surface area contributed by atoms with E-state index in [0.717, 1.165) is 61.5 Å². The monoisotopic (exact) mass is 525 g/mol. The van der Waals surface area contributed by atoms with Gasteiger partial charge in [0.05, 0.1) is 6.20 Å². The standard InChI is InChI=1S/C28H28FN9O/c1-35-16-20(13-33-35)19-12-25-26(32-18-34-38(25)17-19)36-8-10-37(11-9-36)27-30-14-23(15-31-27)28(39,21-2-3-21)22-4-6-24(29)7-5-22/h4-7,12-18,21,39H,2-3,8-11H2,1H3/t28-/m0/s1. The Morgan fingerprint density at radius 1 is 0.846 bits per heavy atom. The predicted octanol–water partition coefficient (Wildman–Crippen LogP) is 3.03. The lowest BCUT2D eigenvalue weighted by Gasteiger charge is -2.35. The minimum absolute atomic E-state index is 0.0818. The molecule has 0 amide bonds. The van der Waals surface area contributed by atoms with Crippen LogP contribution in [0, 0.1) is 11.7 Å². The quantitative estimate of drug-likeness (QED) is 0.361. The number of nitrogens with zero attached hydrogens (tertiary/aromatic N) is 9. The molecule has 0 unspecified atom stereocenters. The van der Waals surface area contributed by atoms with Gasteiger partial charge in [0.15, 0.2) is 5.82 Å². The number of aryl methyl sites for hydroxylation is 1. The highest BCUT2D eigenvalue weighted by atomic mass is 19.1. The maximum atomic E-state index is 13.5. The first-order valence-electron chi connectivity index (χ1n) is 13.1. The molecule has 1 N–H and O–H groups in total. The third-order valence-corrected chi connectivity index (χ3v) is 7.82. The molecule has 4 aromatic heterocycles. The van der Waals surface area contributed by atoms with E-state index in [1.54, 1.807) is 35.5 Å². The first kappa shape index (κ1) is 23.7. The lowest BCUT2D eigenvalue weighted by Crippen LogP contribution is -2.47. The third kappa shape index (κ3) is 4.19. The number of hydrogen-bond acceptors (Lipinski definition) is 8. The van der Waals surface area contributed by atoms with E-state index in [1.165, 1.54) is 12.1 Å². The molecule has 0 radical (unpaired) electrons. The van der Waals surface area contributed by atoms with Gasteiger partial charge in [0.1, 0.15) is 23.3 Å². The molecule has 0 spiro atoms. The van der Waals surface area contributed by atoms with Gasteiger partial charge in [-0.25, -0.2) is 23.9 Å². The Hall–Kier alpha value is -4.38. The minimum Gasteiger partial charge on any atom is -0.380 e. The molecule has 5 heterocycles. The molecule has 39 heavy (non-hydrogen) atoms. The van der Waals surface area contributed by atoms with Gasteiger partial charge in [0, 0.05) is 74.7 Å². The maximum absolute atomic E-state index is 13.5. The summed E-state index contributed by atoms with van der Waals surface area (Å²) in [6.45, 7) is 2.98. The summed E-state index contributed by atoms with van der Waals surface area (Å²) in [5, 5.41) is 20.4. The van der Waals surface area contributed by atoms with Crippen LogP contribution in [0.5, 0.6) is 0 Å². The number of benzene rings is 1. The second-order valence-corrected chi connectivity index (χ2v) is 10.3. The summed E-state index contributed by atoms with van der Waals surface area (Å²) >= 11 is 0. The number of piperazine rings is 1. The Kier molecular flexibility index (Phi) is 5.55. The molecule has 7 rings (SSSR count). The fraction of sp³-hybridized carbons (Fsp3) is 0.321. The van der Waals surface area contributed by atoms with Gasteiger partial charge in [0.25, 0.3) is 0 Å². The van der Waals surface area contributed by atoms with E-state index in [2.05, 4.69) is 41.0 Å². The van der Waals surface area contributed by atoms with Gasteiger partial charge in [0.2, 0.25) is 5.95 Å². The van der Waals surface area contributed by atoms with E-state index in [9.17, 15) is 9.50 Å². The molecule has 1 saturated heterocycles. The molecular weight excluding hydrogens is 497 g/mol. The fourth-order valence-corrected chi connectivity index (χ4v) is 5.53. The summed E-state index contributed by atoms with van der Waals surface area (Å²) in [5.74, 6) is 1.28. The molecule has 1 aliphatic carbocycles. The summed E-state index contributed by atoms with van der Waals surface area (Å²) in [7, 11) is 1.90. The van der Waals surface area contributed by atoms with E-state index in [4.69, 9.17) is 0 Å². The molecule has 198 valence electrons. The number of fused-ring (bicyclic) bond motifs is 1. The van der Waals surface area contributed by atoms with Gasteiger partial charge in [-0.2, -0.15) is 10.2 Å². The van der Waals surface area contributed by atoms with Crippen molar-refractivity contribution in [2.75, 3.05) is 36.0 Å². The minimum atomic E-state index is -1.21. The summed E-state index contributed by atoms with van der Waals surface area (Å²) in [6.07, 6.45) is 12.7. The van der Waals surface area contributed by atoms with Crippen molar-refractivity contribution in [3.63, 3.8) is 0 Å². The Morgan fingerprint density at radius 2 is 1.56 bits per heavy atom. The van der Waals surface area contributed by atoms with Crippen LogP contribution in [0.1, 0.15) is 24.0 Å². The Bertz CT molecular complexity index is 1620. The first-order valence-corrected chi connectivity index (χ1v) is 13.1. The highest BCUT2D eigenvalue weighted by Crippen LogP contribution is 2.49. The van der Waals surface area contributed by atoms with Crippen LogP contribution in [0.15, 0.2) is 67.6 Å². The van der Waals surface area contributed by atoms with Crippen LogP contribution in [0.4, 0.5) is 16.2 Å². The van der Waals surface area contributed by atoms with E-state index in [0.29, 0.717) is 17.1 Å². The smallest absolute Gasteiger partial charge is 0.225 e. The zero-order valence-electron chi connectivity index (χ0n) is 21.5. The maximum Gasteiger partial charge on any atom is 0.225 e. The van der Waals surface area contributed by atoms with Crippen LogP contribution in [-0.2, 0) is 12.6 Å². The third-order valence-electron chi connectivity index (χ3n) is 7.82. The van der Waals surface area contributed by atoms with E-state index >= 15 is 0 Å². The van der Waals surface area contributed by atoms with Gasteiger partial charge >= 0.3 is 0 Å². The molecule has 11 heteroatoms. The van der Waals surface area contributed by atoms with Crippen molar-refractivity contribution in [2.45, 2.75) is 18.4 Å². The van der Waals surface area contributed by atoms with Gasteiger partial charge < -0.3 is 14.9 Å². The molecule has 1 aliphatic heterocycles. The Labute approximate surface area is 224 Å². The van der Waals surface area contributed by atoms with Crippen molar-refractivity contribution in [1.29, 1.82) is 0 Å². The van der Waals surface area contributed by atoms with Gasteiger partial charge in [-0.1, -0.05) is 12.1 Å². The van der Waals surface area contributed by atoms with Crippen molar-refractivity contribution < 1.29 is 9.50 Å². The summed E-state index contributed by atoms with van der Waals surface area (Å²) in [6, 6.07) is 8.17. The summed E-state index contributed by atoms with van der Waals surface area (Å²) < 4.78 is 17.2. The number of hydrogen-bond donors (Lipinski definition) is 1. The van der Waals surface area contributed by atoms with Crippen molar-refractivity contribution in [3.8, 4) is 11.1 Å². The molecule has 2 fully saturated rings. The SMILES string of the molecule is Cn1cc(-c2cc3c(N4CCN(c5ncc([C@@](O)(c6ccc(F)cc6)C6CC6)cn5)CC4)ncnn3c2)cn1. The van der Waals surface area contributed by atoms with Crippen LogP contribution in [0.2, 0.25) is 0 Å². The summed E-state index contributed by atoms with van der Waals surface area (Å²) in [5.41, 5.74) is 3.13. The number of aliphatic hydroxyl groups is 1. The van der Waals surface area contributed by atoms with Crippen molar-refractivity contribution >= 4 is 17.3 Å². The van der Waals surface area contributed by atoms with Crippen LogP contribution < -0.4 is 9.80 Å². The summed E-state index contributed by atoms with van der Waals surface area (Å²) in [4.78, 5) is 18.3. The van der Waals surface area contributed by atoms with E-state index in [1.807, 2.05) is 30.2 Å². The average molecular weight is 526 g/mol. The average Bonchev–Trinajstić information content (AvgIpc) is 3.60. The predicted molar refractivity (Wildman–Crippen MR) is 144 cm³/mol. The van der Waals surface area contributed by atoms with Crippen LogP contribution in [0.25, 0.3) is 16.6 Å². The number of anilines is 2. The van der Waals surface area contributed by atoms with Gasteiger partial charge in [-0.15, -0.1) is 0 Å². The number of aromatic nitrogens is 7. The number of halogens is 1. The van der Waals surface area contributed by atoms with Gasteiger partial charge in [-0.3, -0.25) is 4.68 Å². The molecule has 1 aromatic carbocycles. The van der Waals surface area contributed by atoms with Crippen molar-refractivity contribution in [1.82, 2.24) is 34.3 Å². The highest BCUT2D eigenvalue weighted by molar-refractivity contribution is 5.77. The molecule has 0 bridgehead atoms. The lowest BCUT2D eigenvalue weighted by atomic mass is 9.83. The Morgan fingerprint density at radius 3 is 2.23 bits per heavy atom. The highest BCUT2D eigenvalue weighted by Gasteiger charge is 2.47. The van der Waals surface area contributed by atoms with E-state index < -0.39 is 5.60 Å². The molecule has 1 saturated carbocycles. The fourth-order valence-electron chi connectivity index (χ4n) is 5.53. The first-order chi connectivity index (χ1) is 19.0. The zero-order chi connectivity index (χ0) is 26.6. The van der Waals surface area contributed by atoms with E-state index in [-0.39, 0.29) is 11.7 Å². The second kappa shape index (κ2) is 9.12. The number of rotatable bonds is 6. The zero-order valence-corrected chi connectivity index (χ0v) is 21.5. The largest absolute Gasteiger partial charge is 0.380 e. The van der Waals surface area contributed by atoms with Crippen molar-refractivity contribution in [2.24, 2.45) is 13.0 Å². The second-order valence-electron chi connectivity index (χ2n) is 10.3. The molecule has 2 aliphatic rings. The normalized spacial score (nSPS) is 17.5. The van der Waals surface area contributed by atoms with Crippen LogP contribution in [0.3, 0.4) is 0 Å².